The minimum absolute atomic E-state index is 0. The Bertz CT molecular complexity index is 463. The van der Waals surface area contributed by atoms with E-state index in [1.165, 1.54) is 0 Å². The molecule has 0 aromatic carbocycles. The van der Waals surface area contributed by atoms with Crippen LogP contribution in [0.2, 0.25) is 0 Å². The summed E-state index contributed by atoms with van der Waals surface area (Å²) in [4.78, 5) is 31.2. The van der Waals surface area contributed by atoms with Crippen molar-refractivity contribution in [2.75, 3.05) is 66.1 Å². The molecule has 3 saturated heterocycles. The highest BCUT2D eigenvalue weighted by atomic mass is 35.5. The molecular formula is C17H32Cl2N4O3. The molecule has 3 aliphatic rings. The Morgan fingerprint density at radius 2 is 1.88 bits per heavy atom. The van der Waals surface area contributed by atoms with Crippen molar-refractivity contribution in [3.05, 3.63) is 0 Å². The van der Waals surface area contributed by atoms with Crippen LogP contribution in [0.5, 0.6) is 0 Å². The number of piperidine rings is 1. The minimum atomic E-state index is -0.155. The molecule has 0 spiro atoms. The van der Waals surface area contributed by atoms with Gasteiger partial charge in [0.2, 0.25) is 11.8 Å². The van der Waals surface area contributed by atoms with E-state index in [0.717, 1.165) is 65.3 Å². The standard InChI is InChI=1S/C17H30N4O3.2ClH/c1-18-15-3-2-4-21(13-15)17(23)14-11-16(22)20(12-14)6-5-19-7-9-24-10-8-19;;/h14-15,18H,2-13H2,1H3;2*1H. The van der Waals surface area contributed by atoms with Crippen LogP contribution in [0, 0.1) is 5.92 Å². The van der Waals surface area contributed by atoms with E-state index < -0.39 is 0 Å². The smallest absolute Gasteiger partial charge is 0.228 e. The molecule has 2 amide bonds. The molecule has 2 atom stereocenters. The summed E-state index contributed by atoms with van der Waals surface area (Å²) < 4.78 is 5.35. The van der Waals surface area contributed by atoms with Crippen LogP contribution in [0.15, 0.2) is 0 Å². The van der Waals surface area contributed by atoms with Gasteiger partial charge in [0.1, 0.15) is 0 Å². The predicted molar refractivity (Wildman–Crippen MR) is 105 cm³/mol. The third kappa shape index (κ3) is 5.96. The fourth-order valence-electron chi connectivity index (χ4n) is 3.91. The molecule has 0 radical (unpaired) electrons. The van der Waals surface area contributed by atoms with E-state index in [1.54, 1.807) is 0 Å². The molecular weight excluding hydrogens is 379 g/mol. The highest BCUT2D eigenvalue weighted by Gasteiger charge is 2.37. The fourth-order valence-corrected chi connectivity index (χ4v) is 3.91. The third-order valence-corrected chi connectivity index (χ3v) is 5.49. The monoisotopic (exact) mass is 410 g/mol. The fraction of sp³-hybridized carbons (Fsp3) is 0.882. The number of nitrogens with zero attached hydrogens (tertiary/aromatic N) is 3. The Morgan fingerprint density at radius 3 is 2.58 bits per heavy atom. The van der Waals surface area contributed by atoms with Gasteiger partial charge in [-0.25, -0.2) is 0 Å². The molecule has 1 N–H and O–H groups in total. The van der Waals surface area contributed by atoms with Crippen LogP contribution in [0.4, 0.5) is 0 Å². The second-order valence-electron chi connectivity index (χ2n) is 7.11. The molecule has 0 aliphatic carbocycles. The van der Waals surface area contributed by atoms with Gasteiger partial charge >= 0.3 is 0 Å². The quantitative estimate of drug-likeness (QED) is 0.702. The van der Waals surface area contributed by atoms with Crippen molar-refractivity contribution in [3.63, 3.8) is 0 Å². The predicted octanol–water partition coefficient (Wildman–Crippen LogP) is 0.221. The summed E-state index contributed by atoms with van der Waals surface area (Å²) in [6, 6.07) is 0.386. The lowest BCUT2D eigenvalue weighted by Gasteiger charge is -2.34. The Labute approximate surface area is 168 Å². The summed E-state index contributed by atoms with van der Waals surface area (Å²) in [5.74, 6) is 0.138. The molecule has 26 heavy (non-hydrogen) atoms. The number of hydrogen-bond acceptors (Lipinski definition) is 5. The number of hydrogen-bond donors (Lipinski definition) is 1. The van der Waals surface area contributed by atoms with Crippen molar-refractivity contribution >= 4 is 36.6 Å². The number of likely N-dealkylation sites (tertiary alicyclic amines) is 2. The van der Waals surface area contributed by atoms with Crippen molar-refractivity contribution in [1.82, 2.24) is 20.0 Å². The van der Waals surface area contributed by atoms with Gasteiger partial charge in [0, 0.05) is 58.3 Å². The maximum atomic E-state index is 12.8. The van der Waals surface area contributed by atoms with E-state index in [-0.39, 0.29) is 42.5 Å². The number of carbonyl (C=O) groups is 2. The first-order valence-corrected chi connectivity index (χ1v) is 9.21. The first kappa shape index (κ1) is 23.4. The zero-order chi connectivity index (χ0) is 16.9. The molecule has 7 nitrogen and oxygen atoms in total. The molecule has 3 heterocycles. The summed E-state index contributed by atoms with van der Waals surface area (Å²) in [6.45, 7) is 7.20. The van der Waals surface area contributed by atoms with Crippen molar-refractivity contribution in [2.45, 2.75) is 25.3 Å². The number of halogens is 2. The number of ether oxygens (including phenoxy) is 1. The van der Waals surface area contributed by atoms with Gasteiger partial charge in [-0.3, -0.25) is 14.5 Å². The number of morpholine rings is 1. The summed E-state index contributed by atoms with van der Waals surface area (Å²) >= 11 is 0. The summed E-state index contributed by atoms with van der Waals surface area (Å²) in [5.41, 5.74) is 0. The number of nitrogens with one attached hydrogen (secondary N) is 1. The zero-order valence-electron chi connectivity index (χ0n) is 15.5. The molecule has 0 aromatic heterocycles. The van der Waals surface area contributed by atoms with Crippen molar-refractivity contribution < 1.29 is 14.3 Å². The van der Waals surface area contributed by atoms with Gasteiger partial charge in [-0.2, -0.15) is 0 Å². The lowest BCUT2D eigenvalue weighted by molar-refractivity contribution is -0.137. The zero-order valence-corrected chi connectivity index (χ0v) is 17.2. The maximum Gasteiger partial charge on any atom is 0.228 e. The topological polar surface area (TPSA) is 65.1 Å². The summed E-state index contributed by atoms with van der Waals surface area (Å²) in [6.07, 6.45) is 2.54. The molecule has 152 valence electrons. The van der Waals surface area contributed by atoms with Crippen LogP contribution in [-0.2, 0) is 14.3 Å². The van der Waals surface area contributed by atoms with Gasteiger partial charge in [-0.05, 0) is 19.9 Å². The van der Waals surface area contributed by atoms with E-state index in [2.05, 4.69) is 10.2 Å². The molecule has 3 aliphatic heterocycles. The van der Waals surface area contributed by atoms with Crippen LogP contribution in [0.1, 0.15) is 19.3 Å². The van der Waals surface area contributed by atoms with Gasteiger partial charge < -0.3 is 19.9 Å². The van der Waals surface area contributed by atoms with E-state index >= 15 is 0 Å². The Balaban J connectivity index is 0.00000169. The second-order valence-corrected chi connectivity index (χ2v) is 7.11. The average Bonchev–Trinajstić information content (AvgIpc) is 3.01. The van der Waals surface area contributed by atoms with Gasteiger partial charge in [-0.1, -0.05) is 0 Å². The van der Waals surface area contributed by atoms with Crippen LogP contribution in [0.25, 0.3) is 0 Å². The first-order valence-electron chi connectivity index (χ1n) is 9.21. The number of carbonyl (C=O) groups excluding carboxylic acids is 2. The van der Waals surface area contributed by atoms with Crippen LogP contribution >= 0.6 is 24.8 Å². The largest absolute Gasteiger partial charge is 0.379 e. The molecule has 0 bridgehead atoms. The van der Waals surface area contributed by atoms with Crippen LogP contribution in [0.3, 0.4) is 0 Å². The molecule has 0 aromatic rings. The van der Waals surface area contributed by atoms with Gasteiger partial charge in [0.05, 0.1) is 19.1 Å². The highest BCUT2D eigenvalue weighted by Crippen LogP contribution is 2.22. The Morgan fingerprint density at radius 1 is 1.15 bits per heavy atom. The summed E-state index contributed by atoms with van der Waals surface area (Å²) in [5, 5.41) is 3.27. The lowest BCUT2D eigenvalue weighted by Crippen LogP contribution is -2.49. The third-order valence-electron chi connectivity index (χ3n) is 5.49. The van der Waals surface area contributed by atoms with Gasteiger partial charge in [-0.15, -0.1) is 24.8 Å². The van der Waals surface area contributed by atoms with E-state index in [4.69, 9.17) is 4.74 Å². The Hall–Kier alpha value is -0.600. The Kier molecular flexibility index (Phi) is 10.2. The van der Waals surface area contributed by atoms with E-state index in [1.807, 2.05) is 16.8 Å². The summed E-state index contributed by atoms with van der Waals surface area (Å²) in [7, 11) is 1.95. The molecule has 0 saturated carbocycles. The maximum absolute atomic E-state index is 12.8. The van der Waals surface area contributed by atoms with Crippen molar-refractivity contribution in [1.29, 1.82) is 0 Å². The van der Waals surface area contributed by atoms with Crippen LogP contribution < -0.4 is 5.32 Å². The van der Waals surface area contributed by atoms with Gasteiger partial charge in [0.25, 0.3) is 0 Å². The van der Waals surface area contributed by atoms with E-state index in [0.29, 0.717) is 19.0 Å². The van der Waals surface area contributed by atoms with Crippen molar-refractivity contribution in [3.8, 4) is 0 Å². The normalized spacial score (nSPS) is 27.0. The average molecular weight is 411 g/mol. The first-order chi connectivity index (χ1) is 11.7. The second kappa shape index (κ2) is 11.3. The molecule has 3 rings (SSSR count). The molecule has 3 fully saturated rings. The number of likely N-dealkylation sites (N-methyl/N-ethyl adjacent to an activating group) is 1. The lowest BCUT2D eigenvalue weighted by atomic mass is 10.0. The molecule has 2 unspecified atom stereocenters. The highest BCUT2D eigenvalue weighted by molar-refractivity contribution is 5.89. The van der Waals surface area contributed by atoms with Crippen LogP contribution in [-0.4, -0.2) is 98.6 Å². The SMILES string of the molecule is CNC1CCCN(C(=O)C2CC(=O)N(CCN3CCOCC3)C2)C1.Cl.Cl. The van der Waals surface area contributed by atoms with Gasteiger partial charge in [0.15, 0.2) is 0 Å². The van der Waals surface area contributed by atoms with E-state index in [9.17, 15) is 9.59 Å². The molecule has 9 heteroatoms. The van der Waals surface area contributed by atoms with Crippen molar-refractivity contribution in [2.24, 2.45) is 5.92 Å². The number of rotatable bonds is 5. The number of amides is 2. The minimum Gasteiger partial charge on any atom is -0.379 e.